The highest BCUT2D eigenvalue weighted by atomic mass is 16.3. The lowest BCUT2D eigenvalue weighted by Gasteiger charge is -2.36. The molecule has 1 fully saturated rings. The van der Waals surface area contributed by atoms with Crippen LogP contribution in [0.2, 0.25) is 0 Å². The zero-order valence-electron chi connectivity index (χ0n) is 20.9. The summed E-state index contributed by atoms with van der Waals surface area (Å²) in [6.07, 6.45) is 3.22. The Morgan fingerprint density at radius 1 is 1.14 bits per heavy atom. The van der Waals surface area contributed by atoms with Crippen molar-refractivity contribution in [2.45, 2.75) is 39.8 Å². The number of aryl methyl sites for hydroxylation is 2. The van der Waals surface area contributed by atoms with E-state index in [1.165, 1.54) is 4.90 Å². The lowest BCUT2D eigenvalue weighted by molar-refractivity contribution is -0.135. The number of fused-ring (bicyclic) bond motifs is 1. The summed E-state index contributed by atoms with van der Waals surface area (Å²) in [5.74, 6) is 0.0438. The first kappa shape index (κ1) is 23.8. The van der Waals surface area contributed by atoms with Gasteiger partial charge in [0.15, 0.2) is 0 Å². The Bertz CT molecular complexity index is 1300. The van der Waals surface area contributed by atoms with Crippen LogP contribution < -0.4 is 4.90 Å². The molecule has 2 aromatic heterocycles. The van der Waals surface area contributed by atoms with E-state index >= 15 is 0 Å². The number of hydrogen-bond acceptors (Lipinski definition) is 6. The van der Waals surface area contributed by atoms with Gasteiger partial charge in [0, 0.05) is 32.4 Å². The molecule has 5 rings (SSSR count). The van der Waals surface area contributed by atoms with E-state index in [9.17, 15) is 14.4 Å². The number of anilines is 1. The molecule has 1 aromatic carbocycles. The number of carbonyl (C=O) groups is 3. The molecule has 1 saturated heterocycles. The van der Waals surface area contributed by atoms with E-state index in [1.54, 1.807) is 24.3 Å². The van der Waals surface area contributed by atoms with Gasteiger partial charge in [-0.3, -0.25) is 24.0 Å². The van der Waals surface area contributed by atoms with Gasteiger partial charge in [0.2, 0.25) is 5.91 Å². The minimum absolute atomic E-state index is 0.0533. The molecule has 36 heavy (non-hydrogen) atoms. The second-order valence-corrected chi connectivity index (χ2v) is 9.67. The van der Waals surface area contributed by atoms with Crippen molar-refractivity contribution in [2.75, 3.05) is 31.6 Å². The van der Waals surface area contributed by atoms with E-state index in [-0.39, 0.29) is 30.2 Å². The van der Waals surface area contributed by atoms with Crippen molar-refractivity contribution in [3.63, 3.8) is 0 Å². The van der Waals surface area contributed by atoms with Crippen LogP contribution in [-0.4, -0.2) is 64.0 Å². The number of piperidine rings is 1. The van der Waals surface area contributed by atoms with Crippen LogP contribution in [0.1, 0.15) is 50.7 Å². The van der Waals surface area contributed by atoms with E-state index in [2.05, 4.69) is 10.00 Å². The molecule has 9 heteroatoms. The van der Waals surface area contributed by atoms with E-state index in [1.807, 2.05) is 48.9 Å². The van der Waals surface area contributed by atoms with Gasteiger partial charge in [-0.25, -0.2) is 0 Å². The van der Waals surface area contributed by atoms with Crippen molar-refractivity contribution in [3.05, 3.63) is 70.9 Å². The molecule has 3 amide bonds. The van der Waals surface area contributed by atoms with Crippen LogP contribution in [0.5, 0.6) is 0 Å². The Morgan fingerprint density at radius 2 is 1.97 bits per heavy atom. The third-order valence-electron chi connectivity index (χ3n) is 7.08. The first-order valence-corrected chi connectivity index (χ1v) is 12.4. The maximum atomic E-state index is 13.4. The van der Waals surface area contributed by atoms with Crippen LogP contribution in [0.25, 0.3) is 0 Å². The van der Waals surface area contributed by atoms with Crippen molar-refractivity contribution in [1.29, 1.82) is 0 Å². The molecule has 3 aromatic rings. The average molecular weight is 490 g/mol. The van der Waals surface area contributed by atoms with Crippen LogP contribution in [0, 0.1) is 19.8 Å². The molecule has 188 valence electrons. The number of nitrogens with zero attached hydrogens (tertiary/aromatic N) is 5. The van der Waals surface area contributed by atoms with E-state index in [4.69, 9.17) is 4.42 Å². The maximum Gasteiger partial charge on any atom is 0.263 e. The second kappa shape index (κ2) is 9.64. The van der Waals surface area contributed by atoms with E-state index < -0.39 is 0 Å². The Labute approximate surface area is 210 Å². The van der Waals surface area contributed by atoms with Gasteiger partial charge in [0.1, 0.15) is 5.76 Å². The molecule has 4 heterocycles. The third-order valence-corrected chi connectivity index (χ3v) is 7.08. The van der Waals surface area contributed by atoms with Gasteiger partial charge < -0.3 is 14.2 Å². The highest BCUT2D eigenvalue weighted by molar-refractivity contribution is 6.23. The Morgan fingerprint density at radius 3 is 2.69 bits per heavy atom. The molecule has 0 aliphatic carbocycles. The molecule has 1 atom stereocenters. The summed E-state index contributed by atoms with van der Waals surface area (Å²) in [6, 6.07) is 11.1. The zero-order chi connectivity index (χ0) is 25.4. The van der Waals surface area contributed by atoms with E-state index in [0.29, 0.717) is 30.8 Å². The molecule has 2 aliphatic rings. The van der Waals surface area contributed by atoms with Gasteiger partial charge in [-0.05, 0) is 57.0 Å². The van der Waals surface area contributed by atoms with Crippen molar-refractivity contribution in [3.8, 4) is 0 Å². The van der Waals surface area contributed by atoms with Gasteiger partial charge in [-0.2, -0.15) is 5.10 Å². The molecule has 9 nitrogen and oxygen atoms in total. The van der Waals surface area contributed by atoms with Crippen molar-refractivity contribution >= 4 is 23.4 Å². The van der Waals surface area contributed by atoms with Crippen LogP contribution in [-0.2, 0) is 17.9 Å². The quantitative estimate of drug-likeness (QED) is 0.473. The number of rotatable bonds is 7. The molecular weight excluding hydrogens is 458 g/mol. The van der Waals surface area contributed by atoms with Gasteiger partial charge >= 0.3 is 0 Å². The lowest BCUT2D eigenvalue weighted by Crippen LogP contribution is -2.44. The number of hydrogen-bond donors (Lipinski definition) is 0. The SMILES string of the molecule is Cc1cc(C)n(CCN2C(=O)c3cccc(N4CCC[C@H](C(=O)N(C)Cc5ccco5)C4)c3C2=O)n1. The normalized spacial score (nSPS) is 17.6. The molecule has 0 radical (unpaired) electrons. The molecule has 0 N–H and O–H groups in total. The minimum atomic E-state index is -0.282. The number of amides is 3. The summed E-state index contributed by atoms with van der Waals surface area (Å²) in [4.78, 5) is 44.9. The summed E-state index contributed by atoms with van der Waals surface area (Å²) in [7, 11) is 1.78. The summed E-state index contributed by atoms with van der Waals surface area (Å²) >= 11 is 0. The smallest absolute Gasteiger partial charge is 0.263 e. The van der Waals surface area contributed by atoms with Gasteiger partial charge in [-0.15, -0.1) is 0 Å². The highest BCUT2D eigenvalue weighted by Crippen LogP contribution is 2.34. The van der Waals surface area contributed by atoms with Gasteiger partial charge in [-0.1, -0.05) is 6.07 Å². The predicted molar refractivity (Wildman–Crippen MR) is 134 cm³/mol. The zero-order valence-corrected chi connectivity index (χ0v) is 20.9. The van der Waals surface area contributed by atoms with Gasteiger partial charge in [0.05, 0.1) is 47.8 Å². The molecule has 0 saturated carbocycles. The van der Waals surface area contributed by atoms with Crippen LogP contribution in [0.3, 0.4) is 0 Å². The molecule has 0 unspecified atom stereocenters. The minimum Gasteiger partial charge on any atom is -0.467 e. The number of imide groups is 1. The highest BCUT2D eigenvalue weighted by Gasteiger charge is 2.39. The number of carbonyl (C=O) groups excluding carboxylic acids is 3. The predicted octanol–water partition coefficient (Wildman–Crippen LogP) is 3.26. The fraction of sp³-hybridized carbons (Fsp3) is 0.407. The third kappa shape index (κ3) is 4.41. The first-order valence-electron chi connectivity index (χ1n) is 12.4. The van der Waals surface area contributed by atoms with Crippen LogP contribution >= 0.6 is 0 Å². The Kier molecular flexibility index (Phi) is 6.38. The van der Waals surface area contributed by atoms with Crippen molar-refractivity contribution < 1.29 is 18.8 Å². The largest absolute Gasteiger partial charge is 0.467 e. The summed E-state index contributed by atoms with van der Waals surface area (Å²) < 4.78 is 7.21. The standard InChI is InChI=1S/C27H31N5O4/c1-18-15-19(2)32(28-18)13-12-31-26(34)22-9-4-10-23(24(22)27(31)35)30-11-5-7-20(16-30)25(33)29(3)17-21-8-6-14-36-21/h4,6,8-10,14-15,20H,5,7,11-13,16-17H2,1-3H3/t20-/m0/s1. The number of aromatic nitrogens is 2. The fourth-order valence-electron chi connectivity index (χ4n) is 5.30. The fourth-order valence-corrected chi connectivity index (χ4v) is 5.30. The maximum absolute atomic E-state index is 13.4. The molecule has 0 spiro atoms. The van der Waals surface area contributed by atoms with Crippen LogP contribution in [0.4, 0.5) is 5.69 Å². The van der Waals surface area contributed by atoms with E-state index in [0.717, 1.165) is 42.2 Å². The number of benzene rings is 1. The van der Waals surface area contributed by atoms with Crippen molar-refractivity contribution in [2.24, 2.45) is 5.92 Å². The first-order chi connectivity index (χ1) is 17.3. The monoisotopic (exact) mass is 489 g/mol. The second-order valence-electron chi connectivity index (χ2n) is 9.67. The Hall–Kier alpha value is -3.88. The number of furan rings is 1. The summed E-state index contributed by atoms with van der Waals surface area (Å²) in [5, 5.41) is 4.44. The topological polar surface area (TPSA) is 91.9 Å². The lowest BCUT2D eigenvalue weighted by atomic mass is 9.95. The summed E-state index contributed by atoms with van der Waals surface area (Å²) in [5.41, 5.74) is 3.49. The van der Waals surface area contributed by atoms with Crippen molar-refractivity contribution in [1.82, 2.24) is 19.6 Å². The van der Waals surface area contributed by atoms with Gasteiger partial charge in [0.25, 0.3) is 11.8 Å². The summed E-state index contributed by atoms with van der Waals surface area (Å²) in [6.45, 7) is 6.24. The molecule has 0 bridgehead atoms. The molecular formula is C27H31N5O4. The Balaban J connectivity index is 1.31. The van der Waals surface area contributed by atoms with Crippen LogP contribution in [0.15, 0.2) is 47.1 Å². The molecule has 2 aliphatic heterocycles. The average Bonchev–Trinajstić information content (AvgIpc) is 3.56.